The molecule has 0 radical (unpaired) electrons. The van der Waals surface area contributed by atoms with Crippen LogP contribution in [0.3, 0.4) is 0 Å². The van der Waals surface area contributed by atoms with E-state index in [4.69, 9.17) is 11.6 Å². The van der Waals surface area contributed by atoms with Crippen LogP contribution in [0.25, 0.3) is 11.0 Å². The summed E-state index contributed by atoms with van der Waals surface area (Å²) in [6.45, 7) is 2.66. The molecule has 0 bridgehead atoms. The van der Waals surface area contributed by atoms with E-state index in [0.29, 0.717) is 12.4 Å². The molecule has 1 aromatic heterocycles. The van der Waals surface area contributed by atoms with E-state index in [9.17, 15) is 4.79 Å². The van der Waals surface area contributed by atoms with Gasteiger partial charge in [-0.2, -0.15) is 0 Å². The monoisotopic (exact) mass is 314 g/mol. The maximum atomic E-state index is 12.9. The van der Waals surface area contributed by atoms with E-state index in [1.165, 1.54) is 0 Å². The second-order valence-corrected chi connectivity index (χ2v) is 5.67. The number of rotatable bonds is 5. The molecule has 1 atom stereocenters. The van der Waals surface area contributed by atoms with Crippen LogP contribution in [0.15, 0.2) is 59.4 Å². The van der Waals surface area contributed by atoms with Gasteiger partial charge in [0.15, 0.2) is 0 Å². The van der Waals surface area contributed by atoms with Crippen molar-refractivity contribution in [1.29, 1.82) is 0 Å². The van der Waals surface area contributed by atoms with E-state index in [0.717, 1.165) is 23.0 Å². The van der Waals surface area contributed by atoms with Crippen LogP contribution in [0, 0.1) is 0 Å². The number of para-hydroxylation sites is 2. The van der Waals surface area contributed by atoms with Gasteiger partial charge >= 0.3 is 5.69 Å². The molecule has 0 saturated heterocycles. The standard InChI is InChI=1S/C18H19ClN2O/c1-2-20-16-10-6-7-11-17(16)21(18(20)22)15(12-13-19)14-8-4-3-5-9-14/h3-11,15H,2,12-13H2,1H3/t15-/m1/s1. The van der Waals surface area contributed by atoms with E-state index >= 15 is 0 Å². The lowest BCUT2D eigenvalue weighted by Crippen LogP contribution is -2.28. The first-order chi connectivity index (χ1) is 10.8. The Morgan fingerprint density at radius 1 is 1.00 bits per heavy atom. The van der Waals surface area contributed by atoms with Crippen LogP contribution in [0.5, 0.6) is 0 Å². The van der Waals surface area contributed by atoms with Crippen molar-refractivity contribution in [2.75, 3.05) is 5.88 Å². The van der Waals surface area contributed by atoms with Crippen molar-refractivity contribution in [2.45, 2.75) is 25.9 Å². The van der Waals surface area contributed by atoms with Crippen molar-refractivity contribution >= 4 is 22.6 Å². The van der Waals surface area contributed by atoms with Gasteiger partial charge in [-0.1, -0.05) is 42.5 Å². The first kappa shape index (κ1) is 14.9. The van der Waals surface area contributed by atoms with Crippen LogP contribution in [-0.4, -0.2) is 15.0 Å². The summed E-state index contributed by atoms with van der Waals surface area (Å²) < 4.78 is 3.70. The third-order valence-corrected chi connectivity index (χ3v) is 4.28. The summed E-state index contributed by atoms with van der Waals surface area (Å²) in [4.78, 5) is 12.9. The number of nitrogens with zero attached hydrogens (tertiary/aromatic N) is 2. The lowest BCUT2D eigenvalue weighted by molar-refractivity contribution is 0.548. The van der Waals surface area contributed by atoms with Gasteiger partial charge in [0.1, 0.15) is 0 Å². The minimum Gasteiger partial charge on any atom is -0.292 e. The average Bonchev–Trinajstić information content (AvgIpc) is 2.85. The molecular formula is C18H19ClN2O. The normalized spacial score (nSPS) is 12.6. The minimum absolute atomic E-state index is 0.0302. The molecule has 4 heteroatoms. The highest BCUT2D eigenvalue weighted by Crippen LogP contribution is 2.25. The number of halogens is 1. The highest BCUT2D eigenvalue weighted by Gasteiger charge is 2.20. The molecule has 0 fully saturated rings. The second kappa shape index (κ2) is 6.41. The smallest absolute Gasteiger partial charge is 0.292 e. The Morgan fingerprint density at radius 2 is 1.64 bits per heavy atom. The number of alkyl halides is 1. The number of benzene rings is 2. The van der Waals surface area contributed by atoms with Crippen molar-refractivity contribution in [1.82, 2.24) is 9.13 Å². The van der Waals surface area contributed by atoms with Crippen molar-refractivity contribution in [3.05, 3.63) is 70.6 Å². The molecule has 0 amide bonds. The predicted molar refractivity (Wildman–Crippen MR) is 91.8 cm³/mol. The summed E-state index contributed by atoms with van der Waals surface area (Å²) in [6.07, 6.45) is 0.725. The van der Waals surface area contributed by atoms with Crippen molar-refractivity contribution in [3.63, 3.8) is 0 Å². The number of fused-ring (bicyclic) bond motifs is 1. The Kier molecular flexibility index (Phi) is 4.34. The van der Waals surface area contributed by atoms with E-state index in [-0.39, 0.29) is 11.7 Å². The molecule has 2 aromatic carbocycles. The third-order valence-electron chi connectivity index (χ3n) is 4.06. The zero-order chi connectivity index (χ0) is 15.5. The summed E-state index contributed by atoms with van der Waals surface area (Å²) in [7, 11) is 0. The quantitative estimate of drug-likeness (QED) is 0.653. The van der Waals surface area contributed by atoms with Crippen molar-refractivity contribution < 1.29 is 0 Å². The van der Waals surface area contributed by atoms with Crippen LogP contribution in [-0.2, 0) is 6.54 Å². The van der Waals surface area contributed by atoms with Gasteiger partial charge in [-0.05, 0) is 31.0 Å². The number of imidazole rings is 1. The summed E-state index contributed by atoms with van der Waals surface area (Å²) in [5.74, 6) is 0.512. The summed E-state index contributed by atoms with van der Waals surface area (Å²) in [5.41, 5.74) is 3.09. The van der Waals surface area contributed by atoms with E-state index in [2.05, 4.69) is 12.1 Å². The first-order valence-corrected chi connectivity index (χ1v) is 8.12. The Bertz CT molecular complexity index is 820. The summed E-state index contributed by atoms with van der Waals surface area (Å²) in [5, 5.41) is 0. The number of aromatic nitrogens is 2. The fourth-order valence-electron chi connectivity index (χ4n) is 3.06. The van der Waals surface area contributed by atoms with Gasteiger partial charge in [-0.3, -0.25) is 9.13 Å². The number of hydrogen-bond acceptors (Lipinski definition) is 1. The Balaban J connectivity index is 2.27. The van der Waals surface area contributed by atoms with Crippen LogP contribution in [0.4, 0.5) is 0 Å². The van der Waals surface area contributed by atoms with Crippen LogP contribution >= 0.6 is 11.6 Å². The Morgan fingerprint density at radius 3 is 2.27 bits per heavy atom. The topological polar surface area (TPSA) is 26.9 Å². The molecule has 114 valence electrons. The van der Waals surface area contributed by atoms with Crippen molar-refractivity contribution in [3.8, 4) is 0 Å². The van der Waals surface area contributed by atoms with Crippen LogP contribution in [0.2, 0.25) is 0 Å². The maximum Gasteiger partial charge on any atom is 0.329 e. The molecule has 0 unspecified atom stereocenters. The number of aryl methyl sites for hydroxylation is 1. The molecule has 3 rings (SSSR count). The Labute approximate surface area is 134 Å². The molecule has 0 saturated carbocycles. The number of hydrogen-bond donors (Lipinski definition) is 0. The lowest BCUT2D eigenvalue weighted by Gasteiger charge is -2.18. The molecule has 0 N–H and O–H groups in total. The highest BCUT2D eigenvalue weighted by molar-refractivity contribution is 6.17. The van der Waals surface area contributed by atoms with E-state index < -0.39 is 0 Å². The lowest BCUT2D eigenvalue weighted by atomic mass is 10.0. The average molecular weight is 315 g/mol. The molecule has 0 aliphatic rings. The first-order valence-electron chi connectivity index (χ1n) is 7.58. The Hall–Kier alpha value is -2.00. The third kappa shape index (κ3) is 2.46. The molecular weight excluding hydrogens is 296 g/mol. The predicted octanol–water partition coefficient (Wildman–Crippen LogP) is 4.04. The molecule has 3 aromatic rings. The zero-order valence-electron chi connectivity index (χ0n) is 12.6. The maximum absolute atomic E-state index is 12.9. The fourth-order valence-corrected chi connectivity index (χ4v) is 3.27. The SMILES string of the molecule is CCn1c(=O)n([C@H](CCCl)c2ccccc2)c2ccccc21. The zero-order valence-corrected chi connectivity index (χ0v) is 13.3. The summed E-state index contributed by atoms with van der Waals surface area (Å²) >= 11 is 6.02. The van der Waals surface area contributed by atoms with Gasteiger partial charge in [0.2, 0.25) is 0 Å². The molecule has 22 heavy (non-hydrogen) atoms. The fraction of sp³-hybridized carbons (Fsp3) is 0.278. The molecule has 0 spiro atoms. The van der Waals surface area contributed by atoms with Gasteiger partial charge in [-0.15, -0.1) is 11.6 Å². The van der Waals surface area contributed by atoms with Gasteiger partial charge in [0.25, 0.3) is 0 Å². The van der Waals surface area contributed by atoms with Gasteiger partial charge in [0.05, 0.1) is 17.1 Å². The molecule has 3 nitrogen and oxygen atoms in total. The van der Waals surface area contributed by atoms with Gasteiger partial charge in [-0.25, -0.2) is 4.79 Å². The minimum atomic E-state index is -0.0381. The molecule has 0 aliphatic heterocycles. The van der Waals surface area contributed by atoms with Gasteiger partial charge < -0.3 is 0 Å². The molecule has 0 aliphatic carbocycles. The highest BCUT2D eigenvalue weighted by atomic mass is 35.5. The molecule has 1 heterocycles. The van der Waals surface area contributed by atoms with E-state index in [1.54, 1.807) is 0 Å². The second-order valence-electron chi connectivity index (χ2n) is 5.29. The van der Waals surface area contributed by atoms with E-state index in [1.807, 2.05) is 58.5 Å². The van der Waals surface area contributed by atoms with Gasteiger partial charge in [0, 0.05) is 12.4 Å². The summed E-state index contributed by atoms with van der Waals surface area (Å²) in [6, 6.07) is 18.0. The van der Waals surface area contributed by atoms with Crippen molar-refractivity contribution in [2.24, 2.45) is 0 Å². The van der Waals surface area contributed by atoms with Crippen LogP contribution < -0.4 is 5.69 Å². The van der Waals surface area contributed by atoms with Crippen LogP contribution in [0.1, 0.15) is 24.9 Å². The largest absolute Gasteiger partial charge is 0.329 e.